The zero-order chi connectivity index (χ0) is 21.2. The third-order valence-electron chi connectivity index (χ3n) is 4.09. The van der Waals surface area contributed by atoms with E-state index in [0.717, 1.165) is 32.3 Å². The SMILES string of the molecule is ClSc1ccc(N(c2ccc([Si](Cl)(Cl)Cl)cc2)c2ccc([Si](Cl)(Cl)Cl)cc2)cc1. The molecule has 0 spiro atoms. The van der Waals surface area contributed by atoms with Crippen LogP contribution in [0.2, 0.25) is 0 Å². The van der Waals surface area contributed by atoms with Crippen LogP contribution in [0.1, 0.15) is 0 Å². The molecule has 0 bridgehead atoms. The Morgan fingerprint density at radius 1 is 0.517 bits per heavy atom. The lowest BCUT2D eigenvalue weighted by molar-refractivity contribution is 1.27. The molecule has 3 aromatic carbocycles. The second kappa shape index (κ2) is 9.82. The molecule has 0 saturated heterocycles. The predicted octanol–water partition coefficient (Wildman–Crippen LogP) is 8.13. The third-order valence-corrected chi connectivity index (χ3v) is 11.0. The standard InChI is InChI=1S/C18H12Cl7NSSi2/c19-27-16-7-1-13(2-8-16)26(14-3-9-17(10-4-14)28(20,21)22)15-5-11-18(12-6-15)29(23,24)25/h1-12H. The minimum Gasteiger partial charge on any atom is -0.311 e. The van der Waals surface area contributed by atoms with E-state index in [9.17, 15) is 0 Å². The van der Waals surface area contributed by atoms with Gasteiger partial charge in [-0.1, -0.05) is 24.3 Å². The van der Waals surface area contributed by atoms with Gasteiger partial charge in [0.1, 0.15) is 0 Å². The highest BCUT2D eigenvalue weighted by Gasteiger charge is 2.29. The van der Waals surface area contributed by atoms with Crippen molar-refractivity contribution < 1.29 is 0 Å². The summed E-state index contributed by atoms with van der Waals surface area (Å²) in [6.07, 6.45) is 0. The fraction of sp³-hybridized carbons (Fsp3) is 0. The minimum atomic E-state index is -2.95. The van der Waals surface area contributed by atoms with Crippen molar-refractivity contribution in [3.05, 3.63) is 72.8 Å². The molecule has 29 heavy (non-hydrogen) atoms. The van der Waals surface area contributed by atoms with Crippen LogP contribution >= 0.6 is 88.1 Å². The van der Waals surface area contributed by atoms with Gasteiger partial charge in [-0.25, -0.2) is 0 Å². The average molecular weight is 579 g/mol. The van der Waals surface area contributed by atoms with Crippen LogP contribution in [0.4, 0.5) is 17.1 Å². The summed E-state index contributed by atoms with van der Waals surface area (Å²) in [5.41, 5.74) is 2.75. The maximum Gasteiger partial charge on any atom is 0.372 e. The van der Waals surface area contributed by atoms with Gasteiger partial charge >= 0.3 is 12.0 Å². The van der Waals surface area contributed by atoms with Gasteiger partial charge < -0.3 is 4.90 Å². The highest BCUT2D eigenvalue weighted by atomic mass is 35.8. The van der Waals surface area contributed by atoms with Crippen molar-refractivity contribution in [1.82, 2.24) is 0 Å². The molecule has 152 valence electrons. The quantitative estimate of drug-likeness (QED) is 0.215. The van der Waals surface area contributed by atoms with Gasteiger partial charge in [0.15, 0.2) is 0 Å². The first-order valence-corrected chi connectivity index (χ1v) is 19.8. The number of rotatable bonds is 6. The molecular weight excluding hydrogens is 567 g/mol. The second-order valence-electron chi connectivity index (χ2n) is 6.00. The van der Waals surface area contributed by atoms with Gasteiger partial charge in [0.25, 0.3) is 0 Å². The molecule has 0 amide bonds. The maximum atomic E-state index is 6.13. The fourth-order valence-electron chi connectivity index (χ4n) is 2.69. The van der Waals surface area contributed by atoms with Crippen LogP contribution in [0.5, 0.6) is 0 Å². The Balaban J connectivity index is 2.06. The van der Waals surface area contributed by atoms with Gasteiger partial charge in [-0.05, 0) is 80.6 Å². The van der Waals surface area contributed by atoms with E-state index in [1.165, 1.54) is 11.0 Å². The van der Waals surface area contributed by atoms with Crippen molar-refractivity contribution in [2.45, 2.75) is 4.90 Å². The van der Waals surface area contributed by atoms with Crippen LogP contribution in [-0.4, -0.2) is 12.0 Å². The number of hydrogen-bond acceptors (Lipinski definition) is 2. The lowest BCUT2D eigenvalue weighted by Gasteiger charge is -2.26. The molecule has 0 fully saturated rings. The topological polar surface area (TPSA) is 3.24 Å². The lowest BCUT2D eigenvalue weighted by Crippen LogP contribution is -2.30. The Morgan fingerprint density at radius 3 is 1.10 bits per heavy atom. The van der Waals surface area contributed by atoms with E-state index in [2.05, 4.69) is 4.90 Å². The summed E-state index contributed by atoms with van der Waals surface area (Å²) in [5.74, 6) is 0. The van der Waals surface area contributed by atoms with Crippen LogP contribution in [-0.2, 0) is 0 Å². The van der Waals surface area contributed by atoms with Crippen molar-refractivity contribution in [2.24, 2.45) is 0 Å². The molecule has 0 aliphatic carbocycles. The Kier molecular flexibility index (Phi) is 8.10. The first kappa shape index (κ1) is 23.9. The van der Waals surface area contributed by atoms with Crippen LogP contribution in [0.25, 0.3) is 0 Å². The van der Waals surface area contributed by atoms with Crippen molar-refractivity contribution in [3.8, 4) is 0 Å². The van der Waals surface area contributed by atoms with Crippen LogP contribution < -0.4 is 15.3 Å². The van der Waals surface area contributed by atoms with Gasteiger partial charge in [0, 0.05) is 22.0 Å². The van der Waals surface area contributed by atoms with Crippen molar-refractivity contribution >= 4 is 128 Å². The van der Waals surface area contributed by atoms with Gasteiger partial charge in [-0.2, -0.15) is 0 Å². The van der Waals surface area contributed by atoms with Crippen molar-refractivity contribution in [1.29, 1.82) is 0 Å². The predicted molar refractivity (Wildman–Crippen MR) is 139 cm³/mol. The molecule has 3 aromatic rings. The molecule has 0 saturated carbocycles. The summed E-state index contributed by atoms with van der Waals surface area (Å²) < 4.78 is 0. The number of halogens is 7. The Hall–Kier alpha value is 0.274. The van der Waals surface area contributed by atoms with Crippen LogP contribution in [0, 0.1) is 0 Å². The van der Waals surface area contributed by atoms with Crippen molar-refractivity contribution in [2.75, 3.05) is 4.90 Å². The van der Waals surface area contributed by atoms with Crippen LogP contribution in [0.3, 0.4) is 0 Å². The van der Waals surface area contributed by atoms with E-state index >= 15 is 0 Å². The average Bonchev–Trinajstić information content (AvgIpc) is 2.68. The molecule has 1 nitrogen and oxygen atoms in total. The van der Waals surface area contributed by atoms with Crippen molar-refractivity contribution in [3.63, 3.8) is 0 Å². The summed E-state index contributed by atoms with van der Waals surface area (Å²) in [7, 11) is 7.01. The van der Waals surface area contributed by atoms with E-state index in [1.54, 1.807) is 0 Å². The van der Waals surface area contributed by atoms with E-state index in [-0.39, 0.29) is 0 Å². The minimum absolute atomic E-state index is 0.720. The zero-order valence-corrected chi connectivity index (χ0v) is 22.5. The third kappa shape index (κ3) is 6.16. The molecule has 0 atom stereocenters. The highest BCUT2D eigenvalue weighted by Crippen LogP contribution is 2.36. The molecule has 0 aliphatic rings. The van der Waals surface area contributed by atoms with Gasteiger partial charge in [0.2, 0.25) is 0 Å². The number of hydrogen-bond donors (Lipinski definition) is 0. The molecule has 0 radical (unpaired) electrons. The number of nitrogens with zero attached hydrogens (tertiary/aromatic N) is 1. The summed E-state index contributed by atoms with van der Waals surface area (Å²) in [5, 5.41) is 1.44. The number of anilines is 3. The second-order valence-corrected chi connectivity index (χ2v) is 23.9. The lowest BCUT2D eigenvalue weighted by atomic mass is 10.2. The molecule has 0 N–H and O–H groups in total. The maximum absolute atomic E-state index is 6.13. The van der Waals surface area contributed by atoms with E-state index in [4.69, 9.17) is 77.2 Å². The summed E-state index contributed by atoms with van der Waals surface area (Å²) in [4.78, 5) is 3.02. The largest absolute Gasteiger partial charge is 0.372 e. The summed E-state index contributed by atoms with van der Waals surface area (Å²) in [6, 6.07) is 17.0. The summed E-state index contributed by atoms with van der Waals surface area (Å²) in [6.45, 7) is 0. The molecule has 0 heterocycles. The Bertz CT molecular complexity index is 898. The summed E-state index contributed by atoms with van der Waals surface area (Å²) >= 11 is 36.8. The Labute approximate surface area is 208 Å². The highest BCUT2D eigenvalue weighted by molar-refractivity contribution is 8.21. The molecule has 0 unspecified atom stereocenters. The molecule has 0 aromatic heterocycles. The van der Waals surface area contributed by atoms with E-state index in [0.29, 0.717) is 0 Å². The smallest absolute Gasteiger partial charge is 0.311 e. The number of benzene rings is 3. The van der Waals surface area contributed by atoms with E-state index in [1.807, 2.05) is 72.8 Å². The molecular formula is C18H12Cl7NSSi2. The normalized spacial score (nSPS) is 12.1. The van der Waals surface area contributed by atoms with Gasteiger partial charge in [-0.3, -0.25) is 0 Å². The Morgan fingerprint density at radius 2 is 0.828 bits per heavy atom. The van der Waals surface area contributed by atoms with E-state index < -0.39 is 12.0 Å². The monoisotopic (exact) mass is 575 g/mol. The first-order valence-electron chi connectivity index (χ1n) is 8.13. The van der Waals surface area contributed by atoms with Gasteiger partial charge in [0.05, 0.1) is 0 Å². The molecule has 3 rings (SSSR count). The van der Waals surface area contributed by atoms with Crippen LogP contribution in [0.15, 0.2) is 77.7 Å². The molecule has 11 heteroatoms. The zero-order valence-electron chi connectivity index (χ0n) is 14.4. The van der Waals surface area contributed by atoms with Gasteiger partial charge in [-0.15, -0.1) is 66.5 Å². The molecule has 0 aliphatic heterocycles. The fourth-order valence-corrected chi connectivity index (χ4v) is 6.60. The first-order chi connectivity index (χ1) is 13.6.